The van der Waals surface area contributed by atoms with Gasteiger partial charge >= 0.3 is 6.18 Å². The molecule has 0 radical (unpaired) electrons. The maximum Gasteiger partial charge on any atom is 0.410 e. The molecule has 2 nitrogen and oxygen atoms in total. The number of hydrogen-bond donors (Lipinski definition) is 2. The van der Waals surface area contributed by atoms with E-state index in [1.165, 1.54) is 12.1 Å². The van der Waals surface area contributed by atoms with Gasteiger partial charge in [-0.1, -0.05) is 12.1 Å². The normalized spacial score (nSPS) is 17.0. The van der Waals surface area contributed by atoms with Crippen LogP contribution in [0.1, 0.15) is 38.3 Å². The van der Waals surface area contributed by atoms with Crippen molar-refractivity contribution in [1.82, 2.24) is 10.6 Å². The lowest BCUT2D eigenvalue weighted by molar-refractivity contribution is -0.181. The monoisotopic (exact) mass is 334 g/mol. The summed E-state index contributed by atoms with van der Waals surface area (Å²) in [5.41, 5.74) is -1.30. The first-order valence-electron chi connectivity index (χ1n) is 7.01. The van der Waals surface area contributed by atoms with Gasteiger partial charge in [-0.2, -0.15) is 13.2 Å². The van der Waals surface area contributed by atoms with Gasteiger partial charge in [-0.15, -0.1) is 0 Å². The quantitative estimate of drug-likeness (QED) is 0.641. The van der Waals surface area contributed by atoms with E-state index in [0.29, 0.717) is 5.92 Å². The zero-order valence-electron chi connectivity index (χ0n) is 12.3. The minimum atomic E-state index is -4.41. The van der Waals surface area contributed by atoms with E-state index in [4.69, 9.17) is 12.2 Å². The van der Waals surface area contributed by atoms with Gasteiger partial charge in [0.15, 0.2) is 5.11 Å². The number of benzene rings is 1. The van der Waals surface area contributed by atoms with Crippen LogP contribution in [-0.2, 0) is 0 Å². The number of thiocarbonyl (C=S) groups is 1. The number of alkyl halides is 3. The Labute approximate surface area is 132 Å². The number of rotatable bonds is 4. The van der Waals surface area contributed by atoms with Crippen molar-refractivity contribution >= 4 is 17.3 Å². The molecule has 0 saturated heterocycles. The topological polar surface area (TPSA) is 24.1 Å². The first-order valence-corrected chi connectivity index (χ1v) is 7.42. The van der Waals surface area contributed by atoms with Gasteiger partial charge in [-0.25, -0.2) is 4.39 Å². The smallest absolute Gasteiger partial charge is 0.356 e. The van der Waals surface area contributed by atoms with Gasteiger partial charge in [0.05, 0.1) is 6.04 Å². The van der Waals surface area contributed by atoms with Crippen LogP contribution in [0.5, 0.6) is 0 Å². The molecule has 122 valence electrons. The second-order valence-corrected chi connectivity index (χ2v) is 6.50. The summed E-state index contributed by atoms with van der Waals surface area (Å²) < 4.78 is 51.6. The number of halogens is 4. The van der Waals surface area contributed by atoms with Crippen LogP contribution in [0.25, 0.3) is 0 Å². The molecule has 0 spiro atoms. The van der Waals surface area contributed by atoms with Crippen molar-refractivity contribution in [3.63, 3.8) is 0 Å². The Kier molecular flexibility index (Phi) is 4.65. The Morgan fingerprint density at radius 1 is 1.18 bits per heavy atom. The van der Waals surface area contributed by atoms with Crippen LogP contribution in [0.3, 0.4) is 0 Å². The molecule has 22 heavy (non-hydrogen) atoms. The second-order valence-electron chi connectivity index (χ2n) is 6.09. The Morgan fingerprint density at radius 2 is 1.73 bits per heavy atom. The molecule has 0 aliphatic heterocycles. The zero-order valence-corrected chi connectivity index (χ0v) is 13.1. The van der Waals surface area contributed by atoms with Crippen molar-refractivity contribution in [3.8, 4) is 0 Å². The summed E-state index contributed by atoms with van der Waals surface area (Å²) in [6.07, 6.45) is -2.47. The fraction of sp³-hybridized carbons (Fsp3) is 0.533. The highest BCUT2D eigenvalue weighted by molar-refractivity contribution is 7.80. The number of nitrogens with one attached hydrogen (secondary N) is 2. The summed E-state index contributed by atoms with van der Waals surface area (Å²) in [5.74, 6) is -0.0450. The van der Waals surface area contributed by atoms with Crippen molar-refractivity contribution in [2.75, 3.05) is 0 Å². The van der Waals surface area contributed by atoms with Crippen LogP contribution in [0, 0.1) is 11.7 Å². The maximum atomic E-state index is 13.0. The maximum absolute atomic E-state index is 13.0. The molecule has 2 N–H and O–H groups in total. The highest BCUT2D eigenvalue weighted by Gasteiger charge is 2.48. The van der Waals surface area contributed by atoms with Gasteiger partial charge < -0.3 is 10.6 Å². The Bertz CT molecular complexity index is 535. The molecule has 1 aliphatic carbocycles. The average molecular weight is 334 g/mol. The predicted molar refractivity (Wildman–Crippen MR) is 80.9 cm³/mol. The SMILES string of the molecule is CC(C)(NC(=S)NC(c1ccc(F)cc1)C1CC1)C(F)(F)F. The molecular weight excluding hydrogens is 316 g/mol. The van der Waals surface area contributed by atoms with Gasteiger partial charge in [0.25, 0.3) is 0 Å². The van der Waals surface area contributed by atoms with E-state index in [2.05, 4.69) is 10.6 Å². The highest BCUT2D eigenvalue weighted by atomic mass is 32.1. The van der Waals surface area contributed by atoms with Crippen molar-refractivity contribution in [3.05, 3.63) is 35.6 Å². The van der Waals surface area contributed by atoms with E-state index in [1.807, 2.05) is 0 Å². The Hall–Kier alpha value is -1.37. The van der Waals surface area contributed by atoms with E-state index >= 15 is 0 Å². The summed E-state index contributed by atoms with van der Waals surface area (Å²) in [7, 11) is 0. The minimum Gasteiger partial charge on any atom is -0.356 e. The Balaban J connectivity index is 2.06. The molecule has 1 unspecified atom stereocenters. The van der Waals surface area contributed by atoms with Crippen molar-refractivity contribution in [2.24, 2.45) is 5.92 Å². The lowest BCUT2D eigenvalue weighted by atomic mass is 10.0. The van der Waals surface area contributed by atoms with Gasteiger partial charge in [0.2, 0.25) is 0 Å². The summed E-state index contributed by atoms with van der Waals surface area (Å²) in [4.78, 5) is 0. The standard InChI is InChI=1S/C15H18F4N2S/c1-14(2,15(17,18)19)21-13(22)20-12(9-3-4-9)10-5-7-11(16)8-6-10/h5-9,12H,3-4H2,1-2H3,(H2,20,21,22). The number of hydrogen-bond acceptors (Lipinski definition) is 1. The first-order chi connectivity index (χ1) is 10.1. The van der Waals surface area contributed by atoms with Gasteiger partial charge in [0, 0.05) is 0 Å². The summed E-state index contributed by atoms with van der Waals surface area (Å²) in [6.45, 7) is 2.07. The first kappa shape index (κ1) is 17.0. The lowest BCUT2D eigenvalue weighted by Gasteiger charge is -2.31. The third kappa shape index (κ3) is 4.09. The van der Waals surface area contributed by atoms with Gasteiger partial charge in [-0.05, 0) is 62.5 Å². The van der Waals surface area contributed by atoms with E-state index in [1.54, 1.807) is 12.1 Å². The molecule has 2 rings (SSSR count). The summed E-state index contributed by atoms with van der Waals surface area (Å²) in [6, 6.07) is 5.72. The molecule has 0 heterocycles. The summed E-state index contributed by atoms with van der Waals surface area (Å²) in [5, 5.41) is 5.20. The molecule has 1 aliphatic rings. The predicted octanol–water partition coefficient (Wildman–Crippen LogP) is 4.08. The molecule has 0 bridgehead atoms. The lowest BCUT2D eigenvalue weighted by Crippen LogP contribution is -2.57. The fourth-order valence-corrected chi connectivity index (χ4v) is 2.49. The second kappa shape index (κ2) is 6.02. The van der Waals surface area contributed by atoms with Crippen molar-refractivity contribution in [2.45, 2.75) is 44.4 Å². The van der Waals surface area contributed by atoms with E-state index in [-0.39, 0.29) is 17.0 Å². The minimum absolute atomic E-state index is 0.0523. The van der Waals surface area contributed by atoms with Crippen LogP contribution in [-0.4, -0.2) is 16.8 Å². The molecule has 1 saturated carbocycles. The van der Waals surface area contributed by atoms with Crippen molar-refractivity contribution < 1.29 is 17.6 Å². The molecule has 1 aromatic carbocycles. The molecular formula is C15H18F4N2S. The average Bonchev–Trinajstić information content (AvgIpc) is 3.19. The third-order valence-corrected chi connectivity index (χ3v) is 3.96. The zero-order chi connectivity index (χ0) is 16.5. The molecule has 0 amide bonds. The highest BCUT2D eigenvalue weighted by Crippen LogP contribution is 2.41. The van der Waals surface area contributed by atoms with Crippen LogP contribution >= 0.6 is 12.2 Å². The molecule has 1 aromatic rings. The van der Waals surface area contributed by atoms with Crippen LogP contribution in [0.4, 0.5) is 17.6 Å². The molecule has 1 atom stereocenters. The van der Waals surface area contributed by atoms with E-state index in [9.17, 15) is 17.6 Å². The molecule has 1 fully saturated rings. The summed E-state index contributed by atoms with van der Waals surface area (Å²) >= 11 is 5.02. The van der Waals surface area contributed by atoms with E-state index in [0.717, 1.165) is 32.3 Å². The van der Waals surface area contributed by atoms with E-state index < -0.39 is 11.7 Å². The van der Waals surface area contributed by atoms with Gasteiger partial charge in [0.1, 0.15) is 11.4 Å². The van der Waals surface area contributed by atoms with Crippen LogP contribution < -0.4 is 10.6 Å². The Morgan fingerprint density at radius 3 is 2.18 bits per heavy atom. The fourth-order valence-electron chi connectivity index (χ4n) is 2.11. The van der Waals surface area contributed by atoms with Crippen LogP contribution in [0.15, 0.2) is 24.3 Å². The van der Waals surface area contributed by atoms with Gasteiger partial charge in [-0.3, -0.25) is 0 Å². The molecule has 0 aromatic heterocycles. The van der Waals surface area contributed by atoms with Crippen LogP contribution in [0.2, 0.25) is 0 Å². The molecule has 7 heteroatoms. The third-order valence-electron chi connectivity index (χ3n) is 3.74. The largest absolute Gasteiger partial charge is 0.410 e. The van der Waals surface area contributed by atoms with Crippen molar-refractivity contribution in [1.29, 1.82) is 0 Å².